The minimum absolute atomic E-state index is 0.353. The fourth-order valence-electron chi connectivity index (χ4n) is 1.23. The van der Waals surface area contributed by atoms with Gasteiger partial charge < -0.3 is 0 Å². The third-order valence-electron chi connectivity index (χ3n) is 2.26. The molecule has 0 saturated heterocycles. The minimum Gasteiger partial charge on any atom is -0.299 e. The van der Waals surface area contributed by atoms with E-state index in [2.05, 4.69) is 0 Å². The van der Waals surface area contributed by atoms with Crippen LogP contribution < -0.4 is 0 Å². The molecule has 0 spiro atoms. The lowest BCUT2D eigenvalue weighted by Gasteiger charge is -2.19. The van der Waals surface area contributed by atoms with Gasteiger partial charge in [0.25, 0.3) is 5.92 Å². The predicted molar refractivity (Wildman–Crippen MR) is 33.0 cm³/mol. The molecule has 58 valence electrons. The van der Waals surface area contributed by atoms with Crippen LogP contribution in [0, 0.1) is 5.41 Å². The Hall–Kier alpha value is -0.470. The van der Waals surface area contributed by atoms with Crippen molar-refractivity contribution in [2.75, 3.05) is 0 Å². The van der Waals surface area contributed by atoms with E-state index >= 15 is 0 Å². The van der Waals surface area contributed by atoms with Gasteiger partial charge in [0.15, 0.2) is 0 Å². The lowest BCUT2D eigenvalue weighted by atomic mass is 9.95. The molecule has 0 amide bonds. The van der Waals surface area contributed by atoms with Gasteiger partial charge in [-0.3, -0.25) is 4.79 Å². The zero-order valence-corrected chi connectivity index (χ0v) is 6.08. The molecule has 0 unspecified atom stereocenters. The first-order valence-electron chi connectivity index (χ1n) is 3.29. The zero-order valence-electron chi connectivity index (χ0n) is 6.08. The molecule has 0 aromatic heterocycles. The molecule has 0 radical (unpaired) electrons. The van der Waals surface area contributed by atoms with Crippen molar-refractivity contribution in [3.05, 3.63) is 0 Å². The first-order valence-corrected chi connectivity index (χ1v) is 3.29. The van der Waals surface area contributed by atoms with Crippen molar-refractivity contribution in [1.29, 1.82) is 0 Å². The van der Waals surface area contributed by atoms with Crippen molar-refractivity contribution in [3.63, 3.8) is 0 Å². The van der Waals surface area contributed by atoms with E-state index < -0.39 is 11.3 Å². The van der Waals surface area contributed by atoms with Crippen molar-refractivity contribution in [2.24, 2.45) is 5.41 Å². The average molecular weight is 148 g/mol. The van der Waals surface area contributed by atoms with E-state index in [1.54, 1.807) is 0 Å². The van der Waals surface area contributed by atoms with E-state index in [4.69, 9.17) is 0 Å². The van der Waals surface area contributed by atoms with Crippen molar-refractivity contribution in [1.82, 2.24) is 0 Å². The Morgan fingerprint density at radius 3 is 1.90 bits per heavy atom. The van der Waals surface area contributed by atoms with Crippen LogP contribution in [-0.2, 0) is 4.79 Å². The Morgan fingerprint density at radius 2 is 1.90 bits per heavy atom. The zero-order chi connectivity index (χ0) is 7.99. The van der Waals surface area contributed by atoms with Crippen LogP contribution in [0.3, 0.4) is 0 Å². The van der Waals surface area contributed by atoms with Crippen molar-refractivity contribution < 1.29 is 13.6 Å². The van der Waals surface area contributed by atoms with E-state index in [0.717, 1.165) is 6.92 Å². The van der Waals surface area contributed by atoms with E-state index in [-0.39, 0.29) is 5.78 Å². The molecular formula is C7H10F2O. The summed E-state index contributed by atoms with van der Waals surface area (Å²) in [7, 11) is 0. The number of hydrogen-bond donors (Lipinski definition) is 0. The van der Waals surface area contributed by atoms with Gasteiger partial charge >= 0.3 is 0 Å². The van der Waals surface area contributed by atoms with Crippen LogP contribution in [0.5, 0.6) is 0 Å². The van der Waals surface area contributed by atoms with Gasteiger partial charge in [0, 0.05) is 6.92 Å². The Kier molecular flexibility index (Phi) is 1.35. The second-order valence-corrected chi connectivity index (χ2v) is 3.03. The van der Waals surface area contributed by atoms with E-state index in [0.29, 0.717) is 12.8 Å². The van der Waals surface area contributed by atoms with E-state index in [1.165, 1.54) is 6.92 Å². The maximum Gasteiger partial charge on any atom is 0.257 e. The van der Waals surface area contributed by atoms with Gasteiger partial charge in [0.1, 0.15) is 5.78 Å². The summed E-state index contributed by atoms with van der Waals surface area (Å²) in [6.07, 6.45) is 0.706. The number of ketones is 1. The molecule has 10 heavy (non-hydrogen) atoms. The summed E-state index contributed by atoms with van der Waals surface area (Å²) in [5.41, 5.74) is -1.28. The van der Waals surface area contributed by atoms with Crippen LogP contribution >= 0.6 is 0 Å². The second-order valence-electron chi connectivity index (χ2n) is 3.03. The number of alkyl halides is 2. The first-order chi connectivity index (χ1) is 4.40. The second kappa shape index (κ2) is 1.77. The molecule has 1 nitrogen and oxygen atoms in total. The molecule has 0 atom stereocenters. The van der Waals surface area contributed by atoms with Crippen LogP contribution in [0.4, 0.5) is 8.78 Å². The van der Waals surface area contributed by atoms with Crippen LogP contribution in [0.15, 0.2) is 0 Å². The summed E-state index contributed by atoms with van der Waals surface area (Å²) in [4.78, 5) is 10.7. The third kappa shape index (κ3) is 0.842. The normalized spacial score (nSPS) is 22.4. The Bertz CT molecular complexity index is 165. The topological polar surface area (TPSA) is 17.1 Å². The third-order valence-corrected chi connectivity index (χ3v) is 2.26. The quantitative estimate of drug-likeness (QED) is 0.585. The van der Waals surface area contributed by atoms with Gasteiger partial charge in [-0.2, -0.15) is 0 Å². The Morgan fingerprint density at radius 1 is 1.50 bits per heavy atom. The Balaban J connectivity index is 2.80. The van der Waals surface area contributed by atoms with Gasteiger partial charge in [0.2, 0.25) is 0 Å². The standard InChI is InChI=1S/C7H10F2O/c1-5(10)7(3-4-7)6(2,8)9/h3-4H2,1-2H3. The molecule has 1 rings (SSSR count). The lowest BCUT2D eigenvalue weighted by molar-refractivity contribution is -0.136. The van der Waals surface area contributed by atoms with Gasteiger partial charge in [-0.1, -0.05) is 0 Å². The fourth-order valence-corrected chi connectivity index (χ4v) is 1.23. The summed E-state index contributed by atoms with van der Waals surface area (Å²) in [6.45, 7) is 2.06. The lowest BCUT2D eigenvalue weighted by Crippen LogP contribution is -2.32. The molecule has 1 aliphatic rings. The highest BCUT2D eigenvalue weighted by molar-refractivity contribution is 5.86. The van der Waals surface area contributed by atoms with Crippen LogP contribution in [0.2, 0.25) is 0 Å². The molecule has 0 aromatic carbocycles. The summed E-state index contributed by atoms with van der Waals surface area (Å²) in [6, 6.07) is 0. The highest BCUT2D eigenvalue weighted by Crippen LogP contribution is 2.57. The van der Waals surface area contributed by atoms with Crippen molar-refractivity contribution in [2.45, 2.75) is 32.6 Å². The molecule has 1 fully saturated rings. The molecule has 0 heterocycles. The summed E-state index contributed by atoms with van der Waals surface area (Å²) in [5.74, 6) is -3.20. The largest absolute Gasteiger partial charge is 0.299 e. The monoisotopic (exact) mass is 148 g/mol. The predicted octanol–water partition coefficient (Wildman–Crippen LogP) is 2.01. The average Bonchev–Trinajstić information content (AvgIpc) is 2.36. The van der Waals surface area contributed by atoms with Gasteiger partial charge in [0.05, 0.1) is 5.41 Å². The van der Waals surface area contributed by atoms with Gasteiger partial charge in [-0.05, 0) is 19.8 Å². The van der Waals surface area contributed by atoms with E-state index in [1.807, 2.05) is 0 Å². The smallest absolute Gasteiger partial charge is 0.257 e. The Labute approximate surface area is 58.4 Å². The molecular weight excluding hydrogens is 138 g/mol. The van der Waals surface area contributed by atoms with Crippen LogP contribution in [-0.4, -0.2) is 11.7 Å². The number of carbonyl (C=O) groups is 1. The minimum atomic E-state index is -2.82. The maximum atomic E-state index is 12.6. The molecule has 1 aliphatic carbocycles. The van der Waals surface area contributed by atoms with Crippen molar-refractivity contribution >= 4 is 5.78 Å². The molecule has 0 aromatic rings. The van der Waals surface area contributed by atoms with E-state index in [9.17, 15) is 13.6 Å². The van der Waals surface area contributed by atoms with Crippen LogP contribution in [0.25, 0.3) is 0 Å². The molecule has 0 N–H and O–H groups in total. The number of hydrogen-bond acceptors (Lipinski definition) is 1. The van der Waals surface area contributed by atoms with Gasteiger partial charge in [-0.15, -0.1) is 0 Å². The fraction of sp³-hybridized carbons (Fsp3) is 0.857. The summed E-state index contributed by atoms with van der Waals surface area (Å²) in [5, 5.41) is 0. The first kappa shape index (κ1) is 7.63. The van der Waals surface area contributed by atoms with Crippen molar-refractivity contribution in [3.8, 4) is 0 Å². The molecule has 0 aliphatic heterocycles. The molecule has 0 bridgehead atoms. The summed E-state index contributed by atoms with van der Waals surface area (Å²) < 4.78 is 25.2. The maximum absolute atomic E-state index is 12.6. The molecule has 1 saturated carbocycles. The number of rotatable bonds is 2. The number of Topliss-reactive ketones (excluding diaryl/α,β-unsaturated/α-hetero) is 1. The number of carbonyl (C=O) groups excluding carboxylic acids is 1. The highest BCUT2D eigenvalue weighted by Gasteiger charge is 2.62. The SMILES string of the molecule is CC(=O)C1(C(C)(F)F)CC1. The van der Waals surface area contributed by atoms with Crippen LogP contribution in [0.1, 0.15) is 26.7 Å². The summed E-state index contributed by atoms with van der Waals surface area (Å²) >= 11 is 0. The highest BCUT2D eigenvalue weighted by atomic mass is 19.3. The molecule has 3 heteroatoms. The number of halogens is 2. The van der Waals surface area contributed by atoms with Gasteiger partial charge in [-0.25, -0.2) is 8.78 Å².